The van der Waals surface area contributed by atoms with E-state index in [0.717, 1.165) is 0 Å². The molecule has 1 heterocycles. The summed E-state index contributed by atoms with van der Waals surface area (Å²) in [6, 6.07) is 0.0294. The third-order valence-electron chi connectivity index (χ3n) is 2.38. The van der Waals surface area contributed by atoms with E-state index in [1.807, 2.05) is 6.92 Å². The molecule has 18 heavy (non-hydrogen) atoms. The Balaban J connectivity index is 3.00. The molecule has 0 aliphatic heterocycles. The molecule has 8 heteroatoms. The second-order valence-electron chi connectivity index (χ2n) is 3.93. The van der Waals surface area contributed by atoms with Crippen molar-refractivity contribution < 1.29 is 14.6 Å². The van der Waals surface area contributed by atoms with Gasteiger partial charge in [0.15, 0.2) is 0 Å². The van der Waals surface area contributed by atoms with Gasteiger partial charge >= 0.3 is 12.0 Å². The molecule has 1 unspecified atom stereocenters. The van der Waals surface area contributed by atoms with E-state index in [-0.39, 0.29) is 17.2 Å². The van der Waals surface area contributed by atoms with Crippen LogP contribution in [0.15, 0.2) is 0 Å². The number of halogens is 1. The Labute approximate surface area is 110 Å². The van der Waals surface area contributed by atoms with Crippen molar-refractivity contribution in [2.75, 3.05) is 12.4 Å². The molecule has 1 atom stereocenters. The molecule has 0 bridgehead atoms. The second kappa shape index (κ2) is 5.81. The number of hydrogen-bond donors (Lipinski definition) is 2. The van der Waals surface area contributed by atoms with E-state index in [4.69, 9.17) is 16.3 Å². The number of hydrogen-bond acceptors (Lipinski definition) is 6. The highest BCUT2D eigenvalue weighted by atomic mass is 35.5. The number of anilines is 1. The Kier molecular flexibility index (Phi) is 4.66. The fourth-order valence-corrected chi connectivity index (χ4v) is 1.60. The first-order valence-electron chi connectivity index (χ1n) is 5.38. The predicted octanol–water partition coefficient (Wildman–Crippen LogP) is 1.59. The number of carboxylic acids is 1. The van der Waals surface area contributed by atoms with Crippen LogP contribution in [0.1, 0.15) is 26.7 Å². The topological polar surface area (TPSA) is 97.2 Å². The minimum Gasteiger partial charge on any atom is -0.480 e. The summed E-state index contributed by atoms with van der Waals surface area (Å²) in [7, 11) is 1.39. The maximum absolute atomic E-state index is 11.3. The lowest BCUT2D eigenvalue weighted by atomic mass is 9.97. The fourth-order valence-electron chi connectivity index (χ4n) is 1.45. The maximum Gasteiger partial charge on any atom is 0.329 e. The Morgan fingerprint density at radius 3 is 2.67 bits per heavy atom. The van der Waals surface area contributed by atoms with Gasteiger partial charge in [0.25, 0.3) is 0 Å². The summed E-state index contributed by atoms with van der Waals surface area (Å²) >= 11 is 5.68. The number of carbonyl (C=O) groups is 1. The van der Waals surface area contributed by atoms with Gasteiger partial charge in [0.1, 0.15) is 5.54 Å². The number of nitrogens with zero attached hydrogens (tertiary/aromatic N) is 3. The van der Waals surface area contributed by atoms with E-state index in [2.05, 4.69) is 20.3 Å². The maximum atomic E-state index is 11.3. The number of nitrogens with one attached hydrogen (secondary N) is 1. The zero-order valence-electron chi connectivity index (χ0n) is 10.4. The van der Waals surface area contributed by atoms with Gasteiger partial charge in [0.2, 0.25) is 11.2 Å². The lowest BCUT2D eigenvalue weighted by molar-refractivity contribution is -0.142. The molecule has 0 fully saturated rings. The van der Waals surface area contributed by atoms with E-state index in [0.29, 0.717) is 12.8 Å². The molecule has 0 aliphatic carbocycles. The summed E-state index contributed by atoms with van der Waals surface area (Å²) in [6.45, 7) is 3.45. The quantitative estimate of drug-likeness (QED) is 0.813. The summed E-state index contributed by atoms with van der Waals surface area (Å²) in [4.78, 5) is 22.7. The SMILES string of the molecule is CCCC(C)(Nc1nc(Cl)nc(OC)n1)C(=O)O. The highest BCUT2D eigenvalue weighted by Gasteiger charge is 2.33. The molecular formula is C10H15ClN4O3. The molecule has 7 nitrogen and oxygen atoms in total. The highest BCUT2D eigenvalue weighted by molar-refractivity contribution is 6.28. The van der Waals surface area contributed by atoms with Crippen molar-refractivity contribution in [2.45, 2.75) is 32.2 Å². The summed E-state index contributed by atoms with van der Waals surface area (Å²) in [5, 5.41) is 11.9. The van der Waals surface area contributed by atoms with Crippen molar-refractivity contribution >= 4 is 23.5 Å². The van der Waals surface area contributed by atoms with Crippen molar-refractivity contribution in [3.05, 3.63) is 5.28 Å². The third-order valence-corrected chi connectivity index (χ3v) is 2.55. The molecule has 1 aromatic heterocycles. The largest absolute Gasteiger partial charge is 0.480 e. The van der Waals surface area contributed by atoms with E-state index in [1.54, 1.807) is 6.92 Å². The van der Waals surface area contributed by atoms with Gasteiger partial charge in [0.05, 0.1) is 7.11 Å². The molecule has 1 aromatic rings. The number of ether oxygens (including phenoxy) is 1. The molecule has 0 amide bonds. The van der Waals surface area contributed by atoms with Crippen LogP contribution in [0.5, 0.6) is 6.01 Å². The number of methoxy groups -OCH3 is 1. The van der Waals surface area contributed by atoms with Crippen molar-refractivity contribution in [3.63, 3.8) is 0 Å². The predicted molar refractivity (Wildman–Crippen MR) is 66.0 cm³/mol. The van der Waals surface area contributed by atoms with E-state index >= 15 is 0 Å². The van der Waals surface area contributed by atoms with Gasteiger partial charge in [0, 0.05) is 0 Å². The Hall–Kier alpha value is -1.63. The van der Waals surface area contributed by atoms with Gasteiger partial charge in [-0.1, -0.05) is 13.3 Å². The minimum atomic E-state index is -1.16. The van der Waals surface area contributed by atoms with Crippen LogP contribution in [-0.4, -0.2) is 38.7 Å². The smallest absolute Gasteiger partial charge is 0.329 e. The molecule has 2 N–H and O–H groups in total. The first kappa shape index (κ1) is 14.4. The number of carboxylic acid groups (broad SMARTS) is 1. The zero-order chi connectivity index (χ0) is 13.8. The average molecular weight is 275 g/mol. The van der Waals surface area contributed by atoms with Gasteiger partial charge in [-0.05, 0) is 24.9 Å². The lowest BCUT2D eigenvalue weighted by Crippen LogP contribution is -2.43. The van der Waals surface area contributed by atoms with Crippen LogP contribution in [0.25, 0.3) is 0 Å². The van der Waals surface area contributed by atoms with Crippen molar-refractivity contribution in [1.82, 2.24) is 15.0 Å². The van der Waals surface area contributed by atoms with E-state index in [1.165, 1.54) is 7.11 Å². The Morgan fingerprint density at radius 1 is 1.50 bits per heavy atom. The van der Waals surface area contributed by atoms with Crippen LogP contribution in [-0.2, 0) is 4.79 Å². The molecule has 0 spiro atoms. The summed E-state index contributed by atoms with van der Waals surface area (Å²) in [6.07, 6.45) is 1.12. The normalized spacial score (nSPS) is 13.8. The molecule has 100 valence electrons. The molecule has 0 aliphatic rings. The summed E-state index contributed by atoms with van der Waals surface area (Å²) in [5.74, 6) is -0.912. The first-order chi connectivity index (χ1) is 8.41. The monoisotopic (exact) mass is 274 g/mol. The number of rotatable bonds is 6. The first-order valence-corrected chi connectivity index (χ1v) is 5.76. The molecule has 0 saturated heterocycles. The van der Waals surface area contributed by atoms with Gasteiger partial charge in [-0.2, -0.15) is 15.0 Å². The van der Waals surface area contributed by atoms with Crippen LogP contribution in [0, 0.1) is 0 Å². The molecule has 0 aromatic carbocycles. The van der Waals surface area contributed by atoms with Gasteiger partial charge in [-0.25, -0.2) is 4.79 Å². The fraction of sp³-hybridized carbons (Fsp3) is 0.600. The van der Waals surface area contributed by atoms with E-state index in [9.17, 15) is 9.90 Å². The van der Waals surface area contributed by atoms with E-state index < -0.39 is 11.5 Å². The average Bonchev–Trinajstić information content (AvgIpc) is 2.28. The van der Waals surface area contributed by atoms with Crippen LogP contribution < -0.4 is 10.1 Å². The Morgan fingerprint density at radius 2 is 2.17 bits per heavy atom. The summed E-state index contributed by atoms with van der Waals surface area (Å²) < 4.78 is 4.84. The zero-order valence-corrected chi connectivity index (χ0v) is 11.2. The molecule has 1 rings (SSSR count). The summed E-state index contributed by atoms with van der Waals surface area (Å²) in [5.41, 5.74) is -1.16. The lowest BCUT2D eigenvalue weighted by Gasteiger charge is -2.25. The van der Waals surface area contributed by atoms with Crippen LogP contribution in [0.2, 0.25) is 5.28 Å². The van der Waals surface area contributed by atoms with Gasteiger partial charge in [-0.3, -0.25) is 0 Å². The van der Waals surface area contributed by atoms with Crippen LogP contribution in [0.4, 0.5) is 5.95 Å². The number of aliphatic carboxylic acids is 1. The second-order valence-corrected chi connectivity index (χ2v) is 4.27. The van der Waals surface area contributed by atoms with Crippen molar-refractivity contribution in [1.29, 1.82) is 0 Å². The third kappa shape index (κ3) is 3.43. The highest BCUT2D eigenvalue weighted by Crippen LogP contribution is 2.20. The minimum absolute atomic E-state index is 0.0294. The van der Waals surface area contributed by atoms with Crippen molar-refractivity contribution in [3.8, 4) is 6.01 Å². The van der Waals surface area contributed by atoms with Crippen molar-refractivity contribution in [2.24, 2.45) is 0 Å². The van der Waals surface area contributed by atoms with Gasteiger partial charge < -0.3 is 15.2 Å². The van der Waals surface area contributed by atoms with Crippen LogP contribution >= 0.6 is 11.6 Å². The molecular weight excluding hydrogens is 260 g/mol. The van der Waals surface area contributed by atoms with Gasteiger partial charge in [-0.15, -0.1) is 0 Å². The Bertz CT molecular complexity index is 443. The molecule has 0 saturated carbocycles. The van der Waals surface area contributed by atoms with Crippen LogP contribution in [0.3, 0.4) is 0 Å². The standard InChI is InChI=1S/C10H15ClN4O3/c1-4-5-10(2,6(16)17)15-8-12-7(11)13-9(14-8)18-3/h4-5H2,1-3H3,(H,16,17)(H,12,13,14,15). The number of aromatic nitrogens is 3. The molecule has 0 radical (unpaired) electrons.